The lowest BCUT2D eigenvalue weighted by Crippen LogP contribution is -1.88. The third-order valence-electron chi connectivity index (χ3n) is 1.60. The third-order valence-corrected chi connectivity index (χ3v) is 2.52. The third kappa shape index (κ3) is 1.92. The molecule has 0 saturated carbocycles. The summed E-state index contributed by atoms with van der Waals surface area (Å²) in [6.45, 7) is 2.01. The fourth-order valence-corrected chi connectivity index (χ4v) is 1.37. The molecule has 0 atom stereocenters. The maximum Gasteiger partial charge on any atom is 0.0684 e. The molecule has 0 amide bonds. The number of hydrogen-bond donors (Lipinski definition) is 3. The van der Waals surface area contributed by atoms with E-state index < -0.39 is 0 Å². The lowest BCUT2D eigenvalue weighted by molar-refractivity contribution is 0.280. The molecule has 0 spiro atoms. The summed E-state index contributed by atoms with van der Waals surface area (Å²) < 4.78 is 0. The van der Waals surface area contributed by atoms with Crippen LogP contribution in [0.15, 0.2) is 21.9 Å². The van der Waals surface area contributed by atoms with E-state index in [1.165, 1.54) is 0 Å². The van der Waals surface area contributed by atoms with Crippen LogP contribution in [0.5, 0.6) is 0 Å². The molecule has 11 heavy (non-hydrogen) atoms. The average molecular weight is 186 g/mol. The van der Waals surface area contributed by atoms with Crippen molar-refractivity contribution in [3.05, 3.63) is 23.3 Å². The molecule has 1 nitrogen and oxygen atoms in total. The van der Waals surface area contributed by atoms with Crippen molar-refractivity contribution in [2.45, 2.75) is 23.3 Å². The standard InChI is InChI=1S/C8H10OS2/c1-5-2-7(10)8(11)3-6(5)4-9/h2-3,9-11H,4H2,1H3. The zero-order valence-corrected chi connectivity index (χ0v) is 7.99. The Morgan fingerprint density at radius 2 is 1.82 bits per heavy atom. The summed E-state index contributed by atoms with van der Waals surface area (Å²) in [5.74, 6) is 0. The Balaban J connectivity index is 3.21. The average Bonchev–Trinajstić information content (AvgIpc) is 1.97. The lowest BCUT2D eigenvalue weighted by Gasteiger charge is -2.05. The van der Waals surface area contributed by atoms with Gasteiger partial charge in [0.15, 0.2) is 0 Å². The van der Waals surface area contributed by atoms with Gasteiger partial charge in [0, 0.05) is 9.79 Å². The molecule has 0 radical (unpaired) electrons. The molecule has 1 N–H and O–H groups in total. The largest absolute Gasteiger partial charge is 0.392 e. The predicted molar refractivity (Wildman–Crippen MR) is 51.6 cm³/mol. The van der Waals surface area contributed by atoms with Crippen LogP contribution in [0, 0.1) is 6.92 Å². The monoisotopic (exact) mass is 186 g/mol. The van der Waals surface area contributed by atoms with E-state index in [0.717, 1.165) is 20.9 Å². The summed E-state index contributed by atoms with van der Waals surface area (Å²) in [5, 5.41) is 8.87. The van der Waals surface area contributed by atoms with Gasteiger partial charge in [0.05, 0.1) is 6.61 Å². The Hall–Kier alpha value is -0.120. The van der Waals surface area contributed by atoms with Crippen molar-refractivity contribution in [1.29, 1.82) is 0 Å². The topological polar surface area (TPSA) is 20.2 Å². The molecule has 0 unspecified atom stereocenters. The first-order valence-corrected chi connectivity index (χ1v) is 4.17. The molecule has 1 aromatic rings. The predicted octanol–water partition coefficient (Wildman–Crippen LogP) is 2.06. The van der Waals surface area contributed by atoms with Crippen molar-refractivity contribution in [3.63, 3.8) is 0 Å². The first-order valence-electron chi connectivity index (χ1n) is 3.27. The second-order valence-corrected chi connectivity index (χ2v) is 3.39. The van der Waals surface area contributed by atoms with Gasteiger partial charge >= 0.3 is 0 Å². The van der Waals surface area contributed by atoms with Gasteiger partial charge in [-0.1, -0.05) is 0 Å². The Morgan fingerprint density at radius 3 is 2.36 bits per heavy atom. The van der Waals surface area contributed by atoms with Crippen molar-refractivity contribution >= 4 is 25.3 Å². The summed E-state index contributed by atoms with van der Waals surface area (Å²) in [6.07, 6.45) is 0. The maximum atomic E-state index is 8.87. The normalized spacial score (nSPS) is 10.2. The molecule has 0 bridgehead atoms. The SMILES string of the molecule is Cc1cc(S)c(S)cc1CO. The van der Waals surface area contributed by atoms with E-state index in [4.69, 9.17) is 5.11 Å². The van der Waals surface area contributed by atoms with Crippen LogP contribution >= 0.6 is 25.3 Å². The van der Waals surface area contributed by atoms with Gasteiger partial charge in [-0.25, -0.2) is 0 Å². The minimum atomic E-state index is 0.0629. The Morgan fingerprint density at radius 1 is 1.27 bits per heavy atom. The highest BCUT2D eigenvalue weighted by molar-refractivity contribution is 7.83. The Bertz CT molecular complexity index is 271. The van der Waals surface area contributed by atoms with E-state index in [-0.39, 0.29) is 6.61 Å². The molecule has 0 fully saturated rings. The minimum absolute atomic E-state index is 0.0629. The van der Waals surface area contributed by atoms with Gasteiger partial charge in [0.2, 0.25) is 0 Å². The lowest BCUT2D eigenvalue weighted by atomic mass is 10.1. The number of aryl methyl sites for hydroxylation is 1. The van der Waals surface area contributed by atoms with Gasteiger partial charge in [-0.3, -0.25) is 0 Å². The van der Waals surface area contributed by atoms with Gasteiger partial charge in [-0.15, -0.1) is 25.3 Å². The molecule has 0 aromatic heterocycles. The van der Waals surface area contributed by atoms with Crippen LogP contribution in [0.3, 0.4) is 0 Å². The maximum absolute atomic E-state index is 8.87. The van der Waals surface area contributed by atoms with Crippen LogP contribution in [0.2, 0.25) is 0 Å². The van der Waals surface area contributed by atoms with Crippen molar-refractivity contribution < 1.29 is 5.11 Å². The van der Waals surface area contributed by atoms with Crippen LogP contribution < -0.4 is 0 Å². The number of rotatable bonds is 1. The summed E-state index contributed by atoms with van der Waals surface area (Å²) >= 11 is 8.38. The molecule has 0 aliphatic heterocycles. The van der Waals surface area contributed by atoms with Crippen LogP contribution in [-0.4, -0.2) is 5.11 Å². The quantitative estimate of drug-likeness (QED) is 0.573. The first kappa shape index (κ1) is 8.97. The van der Waals surface area contributed by atoms with E-state index >= 15 is 0 Å². The molecule has 1 aromatic carbocycles. The summed E-state index contributed by atoms with van der Waals surface area (Å²) in [5.41, 5.74) is 1.96. The number of thiol groups is 2. The van der Waals surface area contributed by atoms with Crippen LogP contribution in [0.1, 0.15) is 11.1 Å². The first-order chi connectivity index (χ1) is 5.15. The minimum Gasteiger partial charge on any atom is -0.392 e. The fraction of sp³-hybridized carbons (Fsp3) is 0.250. The number of benzene rings is 1. The molecule has 0 aliphatic rings. The van der Waals surface area contributed by atoms with Crippen molar-refractivity contribution in [2.24, 2.45) is 0 Å². The van der Waals surface area contributed by atoms with Crippen molar-refractivity contribution in [1.82, 2.24) is 0 Å². The van der Waals surface area contributed by atoms with E-state index in [1.807, 2.05) is 19.1 Å². The second-order valence-electron chi connectivity index (χ2n) is 2.43. The highest BCUT2D eigenvalue weighted by Gasteiger charge is 2.00. The van der Waals surface area contributed by atoms with E-state index in [9.17, 15) is 0 Å². The zero-order valence-electron chi connectivity index (χ0n) is 6.20. The van der Waals surface area contributed by atoms with E-state index in [0.29, 0.717) is 0 Å². The molecule has 0 aliphatic carbocycles. The zero-order chi connectivity index (χ0) is 8.43. The molecular weight excluding hydrogens is 176 g/mol. The van der Waals surface area contributed by atoms with Crippen molar-refractivity contribution in [3.8, 4) is 0 Å². The van der Waals surface area contributed by atoms with Crippen LogP contribution in [0.4, 0.5) is 0 Å². The van der Waals surface area contributed by atoms with Gasteiger partial charge in [0.1, 0.15) is 0 Å². The van der Waals surface area contributed by atoms with Gasteiger partial charge in [-0.2, -0.15) is 0 Å². The molecule has 60 valence electrons. The highest BCUT2D eigenvalue weighted by Crippen LogP contribution is 2.22. The number of hydrogen-bond acceptors (Lipinski definition) is 3. The van der Waals surface area contributed by atoms with Crippen LogP contribution in [0.25, 0.3) is 0 Å². The number of aliphatic hydroxyl groups excluding tert-OH is 1. The summed E-state index contributed by atoms with van der Waals surface area (Å²) in [6, 6.07) is 3.73. The van der Waals surface area contributed by atoms with Gasteiger partial charge in [-0.05, 0) is 30.2 Å². The molecule has 0 heterocycles. The van der Waals surface area contributed by atoms with E-state index in [1.54, 1.807) is 0 Å². The molecular formula is C8H10OS2. The fourth-order valence-electron chi connectivity index (χ4n) is 0.895. The van der Waals surface area contributed by atoms with Crippen LogP contribution in [-0.2, 0) is 6.61 Å². The van der Waals surface area contributed by atoms with E-state index in [2.05, 4.69) is 25.3 Å². The summed E-state index contributed by atoms with van der Waals surface area (Å²) in [7, 11) is 0. The van der Waals surface area contributed by atoms with Gasteiger partial charge in [0.25, 0.3) is 0 Å². The second kappa shape index (κ2) is 3.52. The molecule has 0 saturated heterocycles. The Labute approximate surface area is 77.3 Å². The molecule has 1 rings (SSSR count). The summed E-state index contributed by atoms with van der Waals surface area (Å²) in [4.78, 5) is 1.66. The van der Waals surface area contributed by atoms with Crippen molar-refractivity contribution in [2.75, 3.05) is 0 Å². The molecule has 3 heteroatoms. The highest BCUT2D eigenvalue weighted by atomic mass is 32.1. The van der Waals surface area contributed by atoms with Gasteiger partial charge < -0.3 is 5.11 Å². The Kier molecular flexibility index (Phi) is 2.87. The number of aliphatic hydroxyl groups is 1. The smallest absolute Gasteiger partial charge is 0.0684 e.